The van der Waals surface area contributed by atoms with Crippen molar-refractivity contribution in [3.8, 4) is 11.5 Å². The van der Waals surface area contributed by atoms with Gasteiger partial charge in [0.15, 0.2) is 16.6 Å². The summed E-state index contributed by atoms with van der Waals surface area (Å²) < 4.78 is 10.9. The van der Waals surface area contributed by atoms with Crippen molar-refractivity contribution in [1.29, 1.82) is 0 Å². The summed E-state index contributed by atoms with van der Waals surface area (Å²) in [6.45, 7) is -0.255. The minimum atomic E-state index is -0.790. The van der Waals surface area contributed by atoms with Crippen LogP contribution in [-0.4, -0.2) is 48.4 Å². The predicted octanol–water partition coefficient (Wildman–Crippen LogP) is 2.91. The van der Waals surface area contributed by atoms with E-state index in [1.807, 2.05) is 0 Å². The van der Waals surface area contributed by atoms with E-state index in [1.54, 1.807) is 48.0 Å². The van der Waals surface area contributed by atoms with Gasteiger partial charge in [0.05, 0.1) is 31.0 Å². The van der Waals surface area contributed by atoms with Crippen LogP contribution in [-0.2, 0) is 4.79 Å². The molecule has 9 nitrogen and oxygen atoms in total. The van der Waals surface area contributed by atoms with E-state index in [9.17, 15) is 14.4 Å². The van der Waals surface area contributed by atoms with Crippen molar-refractivity contribution in [3.63, 3.8) is 0 Å². The van der Waals surface area contributed by atoms with Gasteiger partial charge in [-0.3, -0.25) is 19.3 Å². The smallest absolute Gasteiger partial charge is 0.264 e. The van der Waals surface area contributed by atoms with E-state index in [-0.39, 0.29) is 18.4 Å². The van der Waals surface area contributed by atoms with Crippen molar-refractivity contribution in [2.24, 2.45) is 0 Å². The molecule has 0 unspecified atom stereocenters. The molecule has 0 aliphatic carbocycles. The van der Waals surface area contributed by atoms with Crippen LogP contribution in [0.4, 0.5) is 10.8 Å². The minimum absolute atomic E-state index is 0.255. The van der Waals surface area contributed by atoms with Gasteiger partial charge in [0.2, 0.25) is 5.91 Å². The monoisotopic (exact) mass is 450 g/mol. The Bertz CT molecular complexity index is 1240. The van der Waals surface area contributed by atoms with Crippen LogP contribution >= 0.6 is 11.3 Å². The molecule has 3 heterocycles. The summed E-state index contributed by atoms with van der Waals surface area (Å²) in [4.78, 5) is 46.7. The largest absolute Gasteiger partial charge is 0.493 e. The Hall–Kier alpha value is -3.92. The maximum Gasteiger partial charge on any atom is 0.264 e. The first-order valence-corrected chi connectivity index (χ1v) is 10.6. The zero-order valence-corrected chi connectivity index (χ0v) is 18.0. The van der Waals surface area contributed by atoms with Crippen LogP contribution in [0.1, 0.15) is 32.4 Å². The topological polar surface area (TPSA) is 101 Å². The predicted molar refractivity (Wildman–Crippen MR) is 117 cm³/mol. The lowest BCUT2D eigenvalue weighted by Gasteiger charge is -2.40. The van der Waals surface area contributed by atoms with E-state index in [2.05, 4.69) is 10.3 Å². The van der Waals surface area contributed by atoms with Gasteiger partial charge in [-0.1, -0.05) is 18.2 Å². The Labute approximate surface area is 187 Å². The molecule has 0 spiro atoms. The summed E-state index contributed by atoms with van der Waals surface area (Å²) in [5.41, 5.74) is 1.71. The SMILES string of the molecule is COc1ccc2c(c1OC)C(=O)N1c3ccccc3C(=O)N(CC(=O)Nc3nccs3)[C@H]21. The molecule has 3 aromatic rings. The number of hydrogen-bond acceptors (Lipinski definition) is 7. The lowest BCUT2D eigenvalue weighted by atomic mass is 10.0. The fraction of sp³-hybridized carbons (Fsp3) is 0.182. The second-order valence-electron chi connectivity index (χ2n) is 7.15. The molecule has 3 amide bonds. The number of aromatic nitrogens is 1. The van der Waals surface area contributed by atoms with E-state index in [0.717, 1.165) is 0 Å². The lowest BCUT2D eigenvalue weighted by Crippen LogP contribution is -2.50. The van der Waals surface area contributed by atoms with Crippen LogP contribution in [0.3, 0.4) is 0 Å². The van der Waals surface area contributed by atoms with Gasteiger partial charge in [-0.05, 0) is 18.2 Å². The number of carbonyl (C=O) groups excluding carboxylic acids is 3. The van der Waals surface area contributed by atoms with Gasteiger partial charge in [-0.25, -0.2) is 4.98 Å². The summed E-state index contributed by atoms with van der Waals surface area (Å²) in [5.74, 6) is -0.375. The fourth-order valence-electron chi connectivity index (χ4n) is 4.18. The average Bonchev–Trinajstić information content (AvgIpc) is 3.42. The number of rotatable bonds is 5. The third kappa shape index (κ3) is 2.91. The Morgan fingerprint density at radius 2 is 1.94 bits per heavy atom. The molecule has 1 atom stereocenters. The van der Waals surface area contributed by atoms with Crippen LogP contribution in [0.15, 0.2) is 48.0 Å². The molecule has 0 radical (unpaired) electrons. The number of methoxy groups -OCH3 is 2. The lowest BCUT2D eigenvalue weighted by molar-refractivity contribution is -0.117. The third-order valence-electron chi connectivity index (χ3n) is 5.48. The van der Waals surface area contributed by atoms with Gasteiger partial charge in [0, 0.05) is 17.1 Å². The maximum atomic E-state index is 13.6. The second-order valence-corrected chi connectivity index (χ2v) is 8.04. The first kappa shape index (κ1) is 20.0. The van der Waals surface area contributed by atoms with Crippen molar-refractivity contribution < 1.29 is 23.9 Å². The van der Waals surface area contributed by atoms with Crippen LogP contribution in [0, 0.1) is 0 Å². The number of para-hydroxylation sites is 1. The Morgan fingerprint density at radius 3 is 2.66 bits per heavy atom. The summed E-state index contributed by atoms with van der Waals surface area (Å²) in [6.07, 6.45) is 0.789. The number of nitrogens with one attached hydrogen (secondary N) is 1. The first-order valence-electron chi connectivity index (χ1n) is 9.73. The van der Waals surface area contributed by atoms with Gasteiger partial charge in [0.25, 0.3) is 11.8 Å². The summed E-state index contributed by atoms with van der Waals surface area (Å²) in [5, 5.41) is 4.87. The number of benzene rings is 2. The second kappa shape index (κ2) is 7.65. The number of hydrogen-bond donors (Lipinski definition) is 1. The first-order chi connectivity index (χ1) is 15.5. The molecule has 0 saturated carbocycles. The number of fused-ring (bicyclic) bond motifs is 5. The molecule has 0 fully saturated rings. The van der Waals surface area contributed by atoms with Gasteiger partial charge in [0.1, 0.15) is 12.7 Å². The zero-order chi connectivity index (χ0) is 22.4. The molecule has 0 bridgehead atoms. The van der Waals surface area contributed by atoms with Crippen LogP contribution in [0.2, 0.25) is 0 Å². The highest BCUT2D eigenvalue weighted by atomic mass is 32.1. The zero-order valence-electron chi connectivity index (χ0n) is 17.2. The van der Waals surface area contributed by atoms with Gasteiger partial charge >= 0.3 is 0 Å². The normalized spacial score (nSPS) is 16.4. The number of carbonyl (C=O) groups is 3. The molecule has 1 aromatic heterocycles. The standard InChI is InChI=1S/C22H18N4O5S/c1-30-15-8-7-13-17(18(15)31-2)21(29)26-14-6-4-3-5-12(14)20(28)25(19(13)26)11-16(27)24-22-23-9-10-32-22/h3-10,19H,11H2,1-2H3,(H,23,24,27)/t19-/m0/s1. The van der Waals surface area contributed by atoms with Gasteiger partial charge in [-0.2, -0.15) is 0 Å². The molecule has 2 aliphatic rings. The molecule has 1 N–H and O–H groups in total. The fourth-order valence-corrected chi connectivity index (χ4v) is 4.73. The summed E-state index contributed by atoms with van der Waals surface area (Å²) in [6, 6.07) is 10.3. The van der Waals surface area contributed by atoms with Crippen molar-refractivity contribution in [1.82, 2.24) is 9.88 Å². The van der Waals surface area contributed by atoms with Crippen LogP contribution in [0.25, 0.3) is 0 Å². The Balaban J connectivity index is 1.62. The Kier molecular flexibility index (Phi) is 4.78. The quantitative estimate of drug-likeness (QED) is 0.642. The molecule has 162 valence electrons. The molecule has 5 rings (SSSR count). The highest BCUT2D eigenvalue weighted by Gasteiger charge is 2.50. The molecule has 2 aliphatic heterocycles. The van der Waals surface area contributed by atoms with Crippen molar-refractivity contribution >= 4 is 39.9 Å². The molecule has 10 heteroatoms. The van der Waals surface area contributed by atoms with E-state index in [1.165, 1.54) is 35.4 Å². The van der Waals surface area contributed by atoms with E-state index >= 15 is 0 Å². The van der Waals surface area contributed by atoms with Crippen LogP contribution < -0.4 is 19.7 Å². The van der Waals surface area contributed by atoms with Crippen molar-refractivity contribution in [2.45, 2.75) is 6.17 Å². The van der Waals surface area contributed by atoms with Crippen molar-refractivity contribution in [3.05, 3.63) is 64.7 Å². The number of ether oxygens (including phenoxy) is 2. The number of anilines is 2. The van der Waals surface area contributed by atoms with E-state index in [0.29, 0.717) is 39.0 Å². The number of nitrogens with zero attached hydrogens (tertiary/aromatic N) is 3. The number of thiazole rings is 1. The molecule has 2 aromatic carbocycles. The summed E-state index contributed by atoms with van der Waals surface area (Å²) in [7, 11) is 2.95. The minimum Gasteiger partial charge on any atom is -0.493 e. The maximum absolute atomic E-state index is 13.6. The van der Waals surface area contributed by atoms with Gasteiger partial charge in [-0.15, -0.1) is 11.3 Å². The van der Waals surface area contributed by atoms with Crippen LogP contribution in [0.5, 0.6) is 11.5 Å². The Morgan fingerprint density at radius 1 is 1.12 bits per heavy atom. The highest BCUT2D eigenvalue weighted by molar-refractivity contribution is 7.13. The highest BCUT2D eigenvalue weighted by Crippen LogP contribution is 2.49. The molecular formula is C22H18N4O5S. The molecule has 32 heavy (non-hydrogen) atoms. The number of amides is 3. The average molecular weight is 450 g/mol. The van der Waals surface area contributed by atoms with Gasteiger partial charge < -0.3 is 19.7 Å². The molecule has 0 saturated heterocycles. The summed E-state index contributed by atoms with van der Waals surface area (Å²) >= 11 is 1.28. The van der Waals surface area contributed by atoms with E-state index < -0.39 is 12.1 Å². The third-order valence-corrected chi connectivity index (χ3v) is 6.16. The van der Waals surface area contributed by atoms with E-state index in [4.69, 9.17) is 9.47 Å². The molecular weight excluding hydrogens is 432 g/mol. The van der Waals surface area contributed by atoms with Crippen molar-refractivity contribution in [2.75, 3.05) is 31.0 Å².